The first kappa shape index (κ1) is 14.3. The summed E-state index contributed by atoms with van der Waals surface area (Å²) in [5, 5.41) is 9.31. The molecule has 0 heterocycles. The number of carbonyl (C=O) groups excluding carboxylic acids is 2. The summed E-state index contributed by atoms with van der Waals surface area (Å²) in [5.74, 6) is -1.86. The largest absolute Gasteiger partial charge is 0.508 e. The van der Waals surface area contributed by atoms with Crippen LogP contribution in [-0.4, -0.2) is 17.0 Å². The molecule has 0 aliphatic rings. The van der Waals surface area contributed by atoms with Crippen molar-refractivity contribution in [3.8, 4) is 5.75 Å². The second-order valence-electron chi connectivity index (χ2n) is 4.22. The molecule has 0 atom stereocenters. The third kappa shape index (κ3) is 3.94. The monoisotopic (exact) mass is 283 g/mol. The first-order chi connectivity index (χ1) is 10.1. The van der Waals surface area contributed by atoms with Crippen LogP contribution in [0.5, 0.6) is 5.75 Å². The normalized spacial score (nSPS) is 10.5. The van der Waals surface area contributed by atoms with Crippen LogP contribution in [0.15, 0.2) is 54.6 Å². The Labute approximate surface area is 121 Å². The summed E-state index contributed by atoms with van der Waals surface area (Å²) in [6, 6.07) is 12.9. The highest BCUT2D eigenvalue weighted by Gasteiger charge is 2.14. The lowest BCUT2D eigenvalue weighted by atomic mass is 10.2. The molecule has 2 rings (SSSR count). The summed E-state index contributed by atoms with van der Waals surface area (Å²) in [7, 11) is 0. The molecule has 0 amide bonds. The van der Waals surface area contributed by atoms with Crippen LogP contribution in [0.3, 0.4) is 0 Å². The van der Waals surface area contributed by atoms with Crippen LogP contribution in [0.2, 0.25) is 0 Å². The van der Waals surface area contributed by atoms with Crippen molar-refractivity contribution in [1.82, 2.24) is 0 Å². The zero-order chi connectivity index (χ0) is 15.2. The zero-order valence-corrected chi connectivity index (χ0v) is 11.0. The molecule has 0 saturated heterocycles. The van der Waals surface area contributed by atoms with E-state index in [0.717, 1.165) is 17.7 Å². The maximum absolute atomic E-state index is 11.8. The van der Waals surface area contributed by atoms with E-state index >= 15 is 0 Å². The fourth-order valence-electron chi connectivity index (χ4n) is 1.63. The Kier molecular flexibility index (Phi) is 4.36. The number of benzene rings is 2. The molecule has 106 valence electrons. The van der Waals surface area contributed by atoms with Crippen LogP contribution in [-0.2, 0) is 9.53 Å². The highest BCUT2D eigenvalue weighted by atomic mass is 16.6. The van der Waals surface area contributed by atoms with Gasteiger partial charge in [0, 0.05) is 11.8 Å². The molecule has 0 fully saturated rings. The second kappa shape index (κ2) is 6.38. The Morgan fingerprint density at radius 3 is 2.52 bits per heavy atom. The molecule has 5 heteroatoms. The molecule has 3 N–H and O–H groups in total. The van der Waals surface area contributed by atoms with E-state index in [9.17, 15) is 14.7 Å². The van der Waals surface area contributed by atoms with Crippen molar-refractivity contribution in [1.29, 1.82) is 0 Å². The number of esters is 2. The lowest BCUT2D eigenvalue weighted by Crippen LogP contribution is -2.12. The summed E-state index contributed by atoms with van der Waals surface area (Å²) in [4.78, 5) is 23.3. The van der Waals surface area contributed by atoms with Crippen LogP contribution in [0.25, 0.3) is 6.08 Å². The van der Waals surface area contributed by atoms with Crippen LogP contribution < -0.4 is 5.73 Å². The Bertz CT molecular complexity index is 693. The first-order valence-corrected chi connectivity index (χ1v) is 6.14. The van der Waals surface area contributed by atoms with Crippen molar-refractivity contribution >= 4 is 23.7 Å². The molecule has 0 saturated carbocycles. The summed E-state index contributed by atoms with van der Waals surface area (Å²) in [6.07, 6.45) is 2.67. The van der Waals surface area contributed by atoms with Crippen LogP contribution in [0.1, 0.15) is 15.9 Å². The topological polar surface area (TPSA) is 89.6 Å². The maximum atomic E-state index is 11.8. The van der Waals surface area contributed by atoms with Gasteiger partial charge in [0.25, 0.3) is 0 Å². The number of ether oxygens (including phenoxy) is 1. The predicted octanol–water partition coefficient (Wildman–Crippen LogP) is 2.37. The van der Waals surface area contributed by atoms with Crippen molar-refractivity contribution in [3.05, 3.63) is 65.7 Å². The molecule has 0 bridgehead atoms. The highest BCUT2D eigenvalue weighted by Crippen LogP contribution is 2.19. The van der Waals surface area contributed by atoms with Gasteiger partial charge in [0.15, 0.2) is 0 Å². The van der Waals surface area contributed by atoms with E-state index in [1.807, 2.05) is 18.2 Å². The summed E-state index contributed by atoms with van der Waals surface area (Å²) < 4.78 is 4.64. The molecule has 0 radical (unpaired) electrons. The summed E-state index contributed by atoms with van der Waals surface area (Å²) in [5.41, 5.74) is 6.46. The number of hydrogen-bond donors (Lipinski definition) is 2. The van der Waals surface area contributed by atoms with E-state index in [-0.39, 0.29) is 17.0 Å². The molecular weight excluding hydrogens is 270 g/mol. The Balaban J connectivity index is 2.04. The Morgan fingerprint density at radius 2 is 1.81 bits per heavy atom. The van der Waals surface area contributed by atoms with Gasteiger partial charge in [-0.25, -0.2) is 9.59 Å². The third-order valence-corrected chi connectivity index (χ3v) is 2.66. The van der Waals surface area contributed by atoms with Gasteiger partial charge < -0.3 is 15.6 Å². The van der Waals surface area contributed by atoms with Gasteiger partial charge in [-0.15, -0.1) is 0 Å². The minimum Gasteiger partial charge on any atom is -0.508 e. The van der Waals surface area contributed by atoms with Gasteiger partial charge in [-0.1, -0.05) is 30.3 Å². The molecular formula is C16H13NO4. The SMILES string of the molecule is Nc1ccc(O)cc1C(=O)OC(=O)C=Cc1ccccc1. The third-order valence-electron chi connectivity index (χ3n) is 2.66. The predicted molar refractivity (Wildman–Crippen MR) is 78.4 cm³/mol. The van der Waals surface area contributed by atoms with E-state index in [4.69, 9.17) is 5.73 Å². The van der Waals surface area contributed by atoms with Crippen molar-refractivity contribution in [2.45, 2.75) is 0 Å². The molecule has 5 nitrogen and oxygen atoms in total. The van der Waals surface area contributed by atoms with Gasteiger partial charge >= 0.3 is 11.9 Å². The average Bonchev–Trinajstić information content (AvgIpc) is 2.48. The molecule has 0 spiro atoms. The number of anilines is 1. The van der Waals surface area contributed by atoms with Crippen molar-refractivity contribution < 1.29 is 19.4 Å². The van der Waals surface area contributed by atoms with E-state index in [1.165, 1.54) is 18.2 Å². The highest BCUT2D eigenvalue weighted by molar-refractivity contribution is 6.04. The first-order valence-electron chi connectivity index (χ1n) is 6.14. The standard InChI is InChI=1S/C16H13NO4/c17-14-8-7-12(18)10-13(14)16(20)21-15(19)9-6-11-4-2-1-3-5-11/h1-10,18H,17H2. The molecule has 0 unspecified atom stereocenters. The number of phenols is 1. The number of hydrogen-bond acceptors (Lipinski definition) is 5. The summed E-state index contributed by atoms with van der Waals surface area (Å²) >= 11 is 0. The van der Waals surface area contributed by atoms with Gasteiger partial charge in [0.05, 0.1) is 5.56 Å². The van der Waals surface area contributed by atoms with Crippen molar-refractivity contribution in [2.24, 2.45) is 0 Å². The van der Waals surface area contributed by atoms with E-state index in [1.54, 1.807) is 12.1 Å². The van der Waals surface area contributed by atoms with Crippen LogP contribution in [0, 0.1) is 0 Å². The number of nitrogen functional groups attached to an aromatic ring is 1. The maximum Gasteiger partial charge on any atom is 0.348 e. The number of nitrogens with two attached hydrogens (primary N) is 1. The second-order valence-corrected chi connectivity index (χ2v) is 4.22. The summed E-state index contributed by atoms with van der Waals surface area (Å²) in [6.45, 7) is 0. The Morgan fingerprint density at radius 1 is 1.10 bits per heavy atom. The number of rotatable bonds is 3. The lowest BCUT2D eigenvalue weighted by molar-refractivity contribution is -0.132. The van der Waals surface area contributed by atoms with E-state index < -0.39 is 11.9 Å². The smallest absolute Gasteiger partial charge is 0.348 e. The van der Waals surface area contributed by atoms with Crippen LogP contribution >= 0.6 is 0 Å². The lowest BCUT2D eigenvalue weighted by Gasteiger charge is -2.04. The number of phenolic OH excluding ortho intramolecular Hbond substituents is 1. The molecule has 0 aliphatic heterocycles. The zero-order valence-electron chi connectivity index (χ0n) is 11.0. The van der Waals surface area contributed by atoms with Crippen molar-refractivity contribution in [2.75, 3.05) is 5.73 Å². The van der Waals surface area contributed by atoms with E-state index in [0.29, 0.717) is 0 Å². The molecule has 2 aromatic rings. The van der Waals surface area contributed by atoms with Gasteiger partial charge in [0.2, 0.25) is 0 Å². The van der Waals surface area contributed by atoms with Gasteiger partial charge in [-0.2, -0.15) is 0 Å². The quantitative estimate of drug-likeness (QED) is 0.297. The fraction of sp³-hybridized carbons (Fsp3) is 0. The van der Waals surface area contributed by atoms with Crippen LogP contribution in [0.4, 0.5) is 5.69 Å². The van der Waals surface area contributed by atoms with Crippen molar-refractivity contribution in [3.63, 3.8) is 0 Å². The minimum absolute atomic E-state index is 0.0588. The fourth-order valence-corrected chi connectivity index (χ4v) is 1.63. The average molecular weight is 283 g/mol. The number of aromatic hydroxyl groups is 1. The molecule has 0 aromatic heterocycles. The van der Waals surface area contributed by atoms with E-state index in [2.05, 4.69) is 4.74 Å². The number of carbonyl (C=O) groups is 2. The molecule has 21 heavy (non-hydrogen) atoms. The van der Waals surface area contributed by atoms with Gasteiger partial charge in [0.1, 0.15) is 5.75 Å². The van der Waals surface area contributed by atoms with Gasteiger partial charge in [-0.3, -0.25) is 0 Å². The molecule has 0 aliphatic carbocycles. The minimum atomic E-state index is -0.911. The molecule has 2 aromatic carbocycles. The van der Waals surface area contributed by atoms with Gasteiger partial charge in [-0.05, 0) is 29.8 Å². The Hall–Kier alpha value is -3.08.